The zero-order valence-electron chi connectivity index (χ0n) is 54.3. The molecule has 0 aliphatic carbocycles. The number of rotatable bonds is 12. The minimum atomic E-state index is -3.08. The Kier molecular flexibility index (Phi) is 13.9. The van der Waals surface area contributed by atoms with Crippen molar-refractivity contribution in [3.63, 3.8) is 0 Å². The van der Waals surface area contributed by atoms with Gasteiger partial charge < -0.3 is 9.13 Å². The fraction of sp³-hybridized carbons (Fsp3) is 0. The summed E-state index contributed by atoms with van der Waals surface area (Å²) in [4.78, 5) is 0. The molecule has 3 heterocycles. The summed E-state index contributed by atoms with van der Waals surface area (Å²) in [6.07, 6.45) is 0. The van der Waals surface area contributed by atoms with Crippen LogP contribution in [-0.4, -0.2) is 17.2 Å². The van der Waals surface area contributed by atoms with Crippen molar-refractivity contribution in [3.8, 4) is 112 Å². The van der Waals surface area contributed by atoms with E-state index >= 15 is 0 Å². The molecule has 0 saturated heterocycles. The van der Waals surface area contributed by atoms with Crippen LogP contribution in [0.4, 0.5) is 0 Å². The van der Waals surface area contributed by atoms with E-state index in [1.165, 1.54) is 120 Å². The SMILES string of the molecule is c1ccc(-c2ccccc2-c2ccc3c(c2)c2cc(-c4ccccc4-c4ccccc4)ccc2n3-c2cc3c(cc2-n2c4ccc(-c5ccccc5-c5ccccc5)cc4c4cc(-c5ccccc5-c5ccccc5)ccc42)[Si](c2ccccc2)(c2ccccc2)c2ccccc2-3)cc1. The molecule has 18 aromatic rings. The summed E-state index contributed by atoms with van der Waals surface area (Å²) in [6.45, 7) is 0. The van der Waals surface area contributed by atoms with Gasteiger partial charge in [0.25, 0.3) is 0 Å². The van der Waals surface area contributed by atoms with E-state index in [1.807, 2.05) is 0 Å². The third-order valence-corrected chi connectivity index (χ3v) is 25.7. The van der Waals surface area contributed by atoms with E-state index in [1.54, 1.807) is 0 Å². The highest BCUT2D eigenvalue weighted by molar-refractivity contribution is 7.22. The van der Waals surface area contributed by atoms with Crippen LogP contribution < -0.4 is 20.7 Å². The van der Waals surface area contributed by atoms with Gasteiger partial charge in [-0.25, -0.2) is 0 Å². The summed E-state index contributed by atoms with van der Waals surface area (Å²) >= 11 is 0. The smallest absolute Gasteiger partial charge is 0.180 e. The van der Waals surface area contributed by atoms with Crippen LogP contribution in [0.5, 0.6) is 0 Å². The van der Waals surface area contributed by atoms with Crippen molar-refractivity contribution >= 4 is 72.4 Å². The number of benzene rings is 16. The van der Waals surface area contributed by atoms with Gasteiger partial charge in [0.2, 0.25) is 0 Å². The van der Waals surface area contributed by atoms with Crippen LogP contribution in [0.15, 0.2) is 388 Å². The Morgan fingerprint density at radius 2 is 0.404 bits per heavy atom. The van der Waals surface area contributed by atoms with Gasteiger partial charge in [0.15, 0.2) is 8.07 Å². The number of fused-ring (bicyclic) bond motifs is 9. The molecule has 3 heteroatoms. The quantitative estimate of drug-likeness (QED) is 0.108. The number of aromatic nitrogens is 2. The molecular formula is C96H64N2Si. The van der Waals surface area contributed by atoms with E-state index in [-0.39, 0.29) is 0 Å². The average molecular weight is 1270 g/mol. The predicted molar refractivity (Wildman–Crippen MR) is 421 cm³/mol. The third-order valence-electron chi connectivity index (χ3n) is 20.9. The topological polar surface area (TPSA) is 9.86 Å². The van der Waals surface area contributed by atoms with Crippen LogP contribution in [0.1, 0.15) is 0 Å². The molecule has 0 unspecified atom stereocenters. The van der Waals surface area contributed by atoms with Crippen molar-refractivity contribution in [3.05, 3.63) is 388 Å². The number of hydrogen-bond donors (Lipinski definition) is 0. The highest BCUT2D eigenvalue weighted by Gasteiger charge is 2.49. The van der Waals surface area contributed by atoms with Gasteiger partial charge in [-0.3, -0.25) is 0 Å². The first-order valence-corrected chi connectivity index (χ1v) is 36.3. The first-order valence-electron chi connectivity index (χ1n) is 34.3. The van der Waals surface area contributed by atoms with Crippen molar-refractivity contribution < 1.29 is 0 Å². The van der Waals surface area contributed by atoms with Crippen LogP contribution in [0.3, 0.4) is 0 Å². The zero-order valence-corrected chi connectivity index (χ0v) is 55.3. The molecule has 16 aromatic carbocycles. The lowest BCUT2D eigenvalue weighted by Crippen LogP contribution is -2.72. The maximum Gasteiger partial charge on any atom is 0.180 e. The summed E-state index contributed by atoms with van der Waals surface area (Å²) in [6, 6.07) is 145. The maximum absolute atomic E-state index is 3.08. The van der Waals surface area contributed by atoms with E-state index in [9.17, 15) is 0 Å². The van der Waals surface area contributed by atoms with Gasteiger partial charge in [-0.1, -0.05) is 328 Å². The summed E-state index contributed by atoms with van der Waals surface area (Å²) in [7, 11) is -3.08. The van der Waals surface area contributed by atoms with Gasteiger partial charge in [-0.15, -0.1) is 0 Å². The van der Waals surface area contributed by atoms with E-state index in [0.717, 1.165) is 55.7 Å². The molecule has 0 bridgehead atoms. The summed E-state index contributed by atoms with van der Waals surface area (Å²) < 4.78 is 5.24. The fourth-order valence-corrected chi connectivity index (χ4v) is 21.7. The first kappa shape index (κ1) is 57.8. The van der Waals surface area contributed by atoms with Crippen LogP contribution in [0.25, 0.3) is 155 Å². The molecule has 1 aliphatic heterocycles. The summed E-state index contributed by atoms with van der Waals surface area (Å²) in [5.74, 6) is 0. The Morgan fingerprint density at radius 1 is 0.162 bits per heavy atom. The van der Waals surface area contributed by atoms with Gasteiger partial charge in [0, 0.05) is 21.5 Å². The minimum absolute atomic E-state index is 1.10. The Hall–Kier alpha value is -12.7. The lowest BCUT2D eigenvalue weighted by atomic mass is 9.92. The van der Waals surface area contributed by atoms with Crippen molar-refractivity contribution in [1.82, 2.24) is 9.13 Å². The number of nitrogens with zero attached hydrogens (tertiary/aromatic N) is 2. The molecule has 0 amide bonds. The second-order valence-corrected chi connectivity index (χ2v) is 29.9. The molecule has 2 aromatic heterocycles. The Balaban J connectivity index is 0.949. The van der Waals surface area contributed by atoms with E-state index in [4.69, 9.17) is 0 Å². The molecule has 0 atom stereocenters. The van der Waals surface area contributed by atoms with Gasteiger partial charge in [0.1, 0.15) is 0 Å². The molecule has 0 spiro atoms. The lowest BCUT2D eigenvalue weighted by Gasteiger charge is -2.32. The number of hydrogen-bond acceptors (Lipinski definition) is 0. The highest BCUT2D eigenvalue weighted by atomic mass is 28.3. The van der Waals surface area contributed by atoms with Gasteiger partial charge >= 0.3 is 0 Å². The molecule has 462 valence electrons. The monoisotopic (exact) mass is 1270 g/mol. The molecule has 1 aliphatic rings. The van der Waals surface area contributed by atoms with Crippen molar-refractivity contribution in [1.29, 1.82) is 0 Å². The van der Waals surface area contributed by atoms with Crippen LogP contribution in [-0.2, 0) is 0 Å². The van der Waals surface area contributed by atoms with E-state index in [2.05, 4.69) is 397 Å². The Morgan fingerprint density at radius 3 is 0.707 bits per heavy atom. The fourth-order valence-electron chi connectivity index (χ4n) is 16.5. The minimum Gasteiger partial charge on any atom is -0.307 e. The first-order chi connectivity index (χ1) is 49.1. The van der Waals surface area contributed by atoms with E-state index in [0.29, 0.717) is 0 Å². The van der Waals surface area contributed by atoms with Crippen molar-refractivity contribution in [2.75, 3.05) is 0 Å². The normalized spacial score (nSPS) is 12.3. The van der Waals surface area contributed by atoms with Crippen molar-refractivity contribution in [2.45, 2.75) is 0 Å². The Bertz CT molecular complexity index is 5810. The van der Waals surface area contributed by atoms with Crippen LogP contribution in [0.2, 0.25) is 0 Å². The van der Waals surface area contributed by atoms with Crippen LogP contribution >= 0.6 is 0 Å². The molecular weight excluding hydrogens is 1210 g/mol. The summed E-state index contributed by atoms with van der Waals surface area (Å²) in [5.41, 5.74) is 28.2. The van der Waals surface area contributed by atoms with Gasteiger partial charge in [0.05, 0.1) is 33.4 Å². The molecule has 0 radical (unpaired) electrons. The summed E-state index contributed by atoms with van der Waals surface area (Å²) in [5, 5.41) is 10.2. The third kappa shape index (κ3) is 9.46. The maximum atomic E-state index is 2.65. The van der Waals surface area contributed by atoms with Gasteiger partial charge in [-0.2, -0.15) is 0 Å². The molecule has 2 nitrogen and oxygen atoms in total. The van der Waals surface area contributed by atoms with E-state index < -0.39 is 8.07 Å². The average Bonchev–Trinajstić information content (AvgIpc) is 1.54. The second-order valence-electron chi connectivity index (χ2n) is 26.2. The van der Waals surface area contributed by atoms with Crippen LogP contribution in [0, 0.1) is 0 Å². The molecule has 19 rings (SSSR count). The van der Waals surface area contributed by atoms with Gasteiger partial charge in [-0.05, 0) is 182 Å². The highest BCUT2D eigenvalue weighted by Crippen LogP contribution is 2.47. The second kappa shape index (κ2) is 23.9. The molecule has 0 saturated carbocycles. The molecule has 0 fully saturated rings. The predicted octanol–water partition coefficient (Wildman–Crippen LogP) is 22.6. The molecule has 99 heavy (non-hydrogen) atoms. The lowest BCUT2D eigenvalue weighted by molar-refractivity contribution is 1.10. The zero-order chi connectivity index (χ0) is 65.4. The molecule has 0 N–H and O–H groups in total. The largest absolute Gasteiger partial charge is 0.307 e. The standard InChI is InChI=1S/C96H64N2Si/c1-7-29-65(30-8-1)75-41-19-23-45-79(75)69-51-55-89-84(59-69)85-60-70(80-46-24-20-42-76(80)66-31-9-2-10-32-66)52-56-90(85)97(89)93-63-88-83-49-27-28-50-95(83)99(73-37-15-5-16-38-73,74-39-17-6-18-40-74)96(88)64-94(93)98-91-57-53-71(81-47-25-21-43-77(81)67-33-11-3-12-34-67)61-86(91)87-62-72(54-58-92(87)98)82-48-26-22-44-78(82)68-35-13-4-14-36-68/h1-64H. The van der Waals surface area contributed by atoms with Crippen molar-refractivity contribution in [2.24, 2.45) is 0 Å². The Labute approximate surface area is 577 Å².